The number of carbonyl (C=O) groups excluding carboxylic acids is 1. The third-order valence-electron chi connectivity index (χ3n) is 4.16. The number of esters is 1. The molecule has 3 rings (SSSR count). The van der Waals surface area contributed by atoms with Gasteiger partial charge in [-0.2, -0.15) is 5.10 Å². The number of rotatable bonds is 5. The summed E-state index contributed by atoms with van der Waals surface area (Å²) in [6.45, 7) is 8.51. The number of hydrogen-bond acceptors (Lipinski definition) is 5. The maximum absolute atomic E-state index is 12.1. The Morgan fingerprint density at radius 2 is 2.09 bits per heavy atom. The Labute approximate surface area is 129 Å². The molecule has 0 unspecified atom stereocenters. The van der Waals surface area contributed by atoms with E-state index in [9.17, 15) is 4.79 Å². The Balaban J connectivity index is 1.99. The van der Waals surface area contributed by atoms with Gasteiger partial charge in [0.1, 0.15) is 5.76 Å². The van der Waals surface area contributed by atoms with Crippen LogP contribution in [-0.2, 0) is 11.3 Å². The number of aromatic nitrogens is 3. The fraction of sp³-hybridized carbons (Fsp3) is 0.562. The van der Waals surface area contributed by atoms with E-state index in [-0.39, 0.29) is 5.97 Å². The molecule has 0 radical (unpaired) electrons. The Morgan fingerprint density at radius 3 is 2.64 bits per heavy atom. The van der Waals surface area contributed by atoms with Crippen LogP contribution < -0.4 is 0 Å². The van der Waals surface area contributed by atoms with Gasteiger partial charge in [-0.05, 0) is 40.5 Å². The van der Waals surface area contributed by atoms with Gasteiger partial charge < -0.3 is 9.26 Å². The first-order chi connectivity index (χ1) is 10.5. The summed E-state index contributed by atoms with van der Waals surface area (Å²) in [4.78, 5) is 12.1. The molecule has 2 heterocycles. The van der Waals surface area contributed by atoms with Crippen molar-refractivity contribution >= 4 is 5.97 Å². The van der Waals surface area contributed by atoms with Crippen molar-refractivity contribution in [1.82, 2.24) is 14.9 Å². The molecule has 6 nitrogen and oxygen atoms in total. The highest BCUT2D eigenvalue weighted by molar-refractivity contribution is 5.89. The zero-order valence-corrected chi connectivity index (χ0v) is 13.5. The van der Waals surface area contributed by atoms with Crippen LogP contribution in [0.5, 0.6) is 0 Å². The third-order valence-corrected chi connectivity index (χ3v) is 4.16. The molecular formula is C16H21N3O3. The molecule has 0 N–H and O–H groups in total. The van der Waals surface area contributed by atoms with Crippen LogP contribution in [-0.4, -0.2) is 27.5 Å². The van der Waals surface area contributed by atoms with Crippen LogP contribution in [0.4, 0.5) is 0 Å². The standard InChI is InChI=1S/C16H21N3O3/c1-5-21-16(20)14-9(2)15(12-6-7-12)19(17-14)8-13-10(3)18-22-11(13)4/h12H,5-8H2,1-4H3. The molecule has 2 aromatic heterocycles. The smallest absolute Gasteiger partial charge is 0.359 e. The molecule has 0 aliphatic heterocycles. The number of aryl methyl sites for hydroxylation is 2. The van der Waals surface area contributed by atoms with Crippen molar-refractivity contribution in [3.8, 4) is 0 Å². The molecule has 0 atom stereocenters. The second kappa shape index (κ2) is 5.59. The molecule has 1 fully saturated rings. The third kappa shape index (κ3) is 2.53. The molecule has 0 aromatic carbocycles. The lowest BCUT2D eigenvalue weighted by Crippen LogP contribution is -2.09. The van der Waals surface area contributed by atoms with Gasteiger partial charge in [0.25, 0.3) is 0 Å². The molecule has 118 valence electrons. The van der Waals surface area contributed by atoms with Crippen LogP contribution in [0.25, 0.3) is 0 Å². The van der Waals surface area contributed by atoms with Crippen molar-refractivity contribution in [3.63, 3.8) is 0 Å². The molecule has 1 aliphatic rings. The minimum Gasteiger partial charge on any atom is -0.461 e. The van der Waals surface area contributed by atoms with Gasteiger partial charge >= 0.3 is 5.97 Å². The van der Waals surface area contributed by atoms with Crippen LogP contribution in [0.3, 0.4) is 0 Å². The van der Waals surface area contributed by atoms with Crippen LogP contribution in [0.2, 0.25) is 0 Å². The van der Waals surface area contributed by atoms with Crippen LogP contribution in [0.15, 0.2) is 4.52 Å². The van der Waals surface area contributed by atoms with Crippen molar-refractivity contribution in [2.75, 3.05) is 6.61 Å². The Bertz CT molecular complexity index is 691. The van der Waals surface area contributed by atoms with Gasteiger partial charge in [0.2, 0.25) is 0 Å². The normalized spacial score (nSPS) is 14.4. The lowest BCUT2D eigenvalue weighted by Gasteiger charge is -2.07. The number of ether oxygens (including phenoxy) is 1. The molecule has 2 aromatic rings. The summed E-state index contributed by atoms with van der Waals surface area (Å²) >= 11 is 0. The molecule has 6 heteroatoms. The summed E-state index contributed by atoms with van der Waals surface area (Å²) < 4.78 is 12.3. The molecule has 1 saturated carbocycles. The Hall–Kier alpha value is -2.11. The zero-order chi connectivity index (χ0) is 15.9. The Morgan fingerprint density at radius 1 is 1.36 bits per heavy atom. The average molecular weight is 303 g/mol. The van der Waals surface area contributed by atoms with E-state index in [1.54, 1.807) is 6.92 Å². The summed E-state index contributed by atoms with van der Waals surface area (Å²) in [5, 5.41) is 8.51. The van der Waals surface area contributed by atoms with E-state index >= 15 is 0 Å². The molecular weight excluding hydrogens is 282 g/mol. The molecule has 0 amide bonds. The fourth-order valence-corrected chi connectivity index (χ4v) is 2.83. The van der Waals surface area contributed by atoms with Crippen molar-refractivity contribution in [2.45, 2.75) is 53.0 Å². The fourth-order valence-electron chi connectivity index (χ4n) is 2.83. The van der Waals surface area contributed by atoms with Gasteiger partial charge in [-0.3, -0.25) is 4.68 Å². The summed E-state index contributed by atoms with van der Waals surface area (Å²) in [5.41, 5.74) is 4.40. The summed E-state index contributed by atoms with van der Waals surface area (Å²) in [6.07, 6.45) is 2.30. The topological polar surface area (TPSA) is 70.2 Å². The maximum Gasteiger partial charge on any atom is 0.359 e. The molecule has 0 saturated heterocycles. The predicted molar refractivity (Wildman–Crippen MR) is 80.0 cm³/mol. The van der Waals surface area contributed by atoms with E-state index in [4.69, 9.17) is 9.26 Å². The van der Waals surface area contributed by atoms with Crippen LogP contribution >= 0.6 is 0 Å². The van der Waals surface area contributed by atoms with Gasteiger partial charge in [0.15, 0.2) is 5.69 Å². The van der Waals surface area contributed by atoms with E-state index in [1.165, 1.54) is 0 Å². The summed E-state index contributed by atoms with van der Waals surface area (Å²) in [7, 11) is 0. The first kappa shape index (κ1) is 14.8. The number of carbonyl (C=O) groups is 1. The van der Waals surface area contributed by atoms with E-state index in [1.807, 2.05) is 25.5 Å². The molecule has 22 heavy (non-hydrogen) atoms. The second-order valence-electron chi connectivity index (χ2n) is 5.81. The first-order valence-electron chi connectivity index (χ1n) is 7.69. The van der Waals surface area contributed by atoms with Crippen LogP contribution in [0, 0.1) is 20.8 Å². The largest absolute Gasteiger partial charge is 0.461 e. The average Bonchev–Trinajstić information content (AvgIpc) is 3.19. The SMILES string of the molecule is CCOC(=O)c1nn(Cc2c(C)noc2C)c(C2CC2)c1C. The zero-order valence-electron chi connectivity index (χ0n) is 13.5. The Kier molecular flexibility index (Phi) is 3.76. The predicted octanol–water partition coefficient (Wildman–Crippen LogP) is 2.90. The van der Waals surface area contributed by atoms with Crippen molar-refractivity contribution in [1.29, 1.82) is 0 Å². The van der Waals surface area contributed by atoms with Crippen molar-refractivity contribution in [2.24, 2.45) is 0 Å². The van der Waals surface area contributed by atoms with E-state index in [0.29, 0.717) is 24.8 Å². The van der Waals surface area contributed by atoms with Crippen molar-refractivity contribution in [3.05, 3.63) is 34.0 Å². The van der Waals surface area contributed by atoms with Gasteiger partial charge in [-0.15, -0.1) is 0 Å². The first-order valence-corrected chi connectivity index (χ1v) is 7.69. The monoisotopic (exact) mass is 303 g/mol. The second-order valence-corrected chi connectivity index (χ2v) is 5.81. The highest BCUT2D eigenvalue weighted by Gasteiger charge is 2.33. The molecule has 0 spiro atoms. The highest BCUT2D eigenvalue weighted by Crippen LogP contribution is 2.42. The maximum atomic E-state index is 12.1. The lowest BCUT2D eigenvalue weighted by molar-refractivity contribution is 0.0517. The van der Waals surface area contributed by atoms with Crippen molar-refractivity contribution < 1.29 is 14.1 Å². The van der Waals surface area contributed by atoms with E-state index in [0.717, 1.165) is 41.1 Å². The van der Waals surface area contributed by atoms with Gasteiger partial charge in [0.05, 0.1) is 18.8 Å². The quantitative estimate of drug-likeness (QED) is 0.794. The van der Waals surface area contributed by atoms with E-state index in [2.05, 4.69) is 10.3 Å². The molecule has 0 bridgehead atoms. The highest BCUT2D eigenvalue weighted by atomic mass is 16.5. The van der Waals surface area contributed by atoms with Crippen LogP contribution in [0.1, 0.15) is 64.4 Å². The summed E-state index contributed by atoms with van der Waals surface area (Å²) in [5.74, 6) is 0.945. The molecule has 1 aliphatic carbocycles. The lowest BCUT2D eigenvalue weighted by atomic mass is 10.1. The van der Waals surface area contributed by atoms with Gasteiger partial charge in [-0.25, -0.2) is 4.79 Å². The number of nitrogens with zero attached hydrogens (tertiary/aromatic N) is 3. The summed E-state index contributed by atoms with van der Waals surface area (Å²) in [6, 6.07) is 0. The van der Waals surface area contributed by atoms with Gasteiger partial charge in [0, 0.05) is 22.7 Å². The van der Waals surface area contributed by atoms with Gasteiger partial charge in [-0.1, -0.05) is 5.16 Å². The minimum absolute atomic E-state index is 0.348. The number of hydrogen-bond donors (Lipinski definition) is 0. The minimum atomic E-state index is -0.348. The van der Waals surface area contributed by atoms with E-state index < -0.39 is 0 Å².